The summed E-state index contributed by atoms with van der Waals surface area (Å²) in [6, 6.07) is 10.7. The van der Waals surface area contributed by atoms with E-state index in [9.17, 15) is 17.6 Å². The minimum absolute atomic E-state index is 0.0133. The number of sulfonamides is 1. The first-order chi connectivity index (χ1) is 12.6. The Bertz CT molecular complexity index is 1020. The molecule has 0 fully saturated rings. The fourth-order valence-corrected chi connectivity index (χ4v) is 3.65. The zero-order valence-electron chi connectivity index (χ0n) is 14.6. The van der Waals surface area contributed by atoms with Crippen molar-refractivity contribution in [1.29, 1.82) is 0 Å². The highest BCUT2D eigenvalue weighted by atomic mass is 35.5. The second-order valence-corrected chi connectivity index (χ2v) is 8.41. The van der Waals surface area contributed by atoms with Crippen molar-refractivity contribution in [3.05, 3.63) is 64.4 Å². The summed E-state index contributed by atoms with van der Waals surface area (Å²) in [5.74, 6) is -0.770. The maximum absolute atomic E-state index is 13.4. The first kappa shape index (κ1) is 19.3. The molecule has 1 aliphatic rings. The molecule has 9 heteroatoms. The number of hydrogen-bond donors (Lipinski definition) is 1. The average molecular weight is 410 g/mol. The number of hydrogen-bond acceptors (Lipinski definition) is 4. The summed E-state index contributed by atoms with van der Waals surface area (Å²) in [5.41, 5.74) is 2.55. The predicted molar refractivity (Wildman–Crippen MR) is 103 cm³/mol. The van der Waals surface area contributed by atoms with Crippen LogP contribution in [0.1, 0.15) is 30.5 Å². The average Bonchev–Trinajstić information content (AvgIpc) is 3.02. The number of anilines is 1. The van der Waals surface area contributed by atoms with E-state index in [0.717, 1.165) is 11.8 Å². The molecule has 2 aromatic carbocycles. The highest BCUT2D eigenvalue weighted by molar-refractivity contribution is 7.92. The van der Waals surface area contributed by atoms with Crippen molar-refractivity contribution in [3.8, 4) is 0 Å². The number of carbonyl (C=O) groups excluding carboxylic acids is 1. The minimum atomic E-state index is -3.36. The number of rotatable bonds is 4. The molecule has 1 aliphatic heterocycles. The fraction of sp³-hybridized carbons (Fsp3) is 0.222. The summed E-state index contributed by atoms with van der Waals surface area (Å²) >= 11 is 5.87. The summed E-state index contributed by atoms with van der Waals surface area (Å²) in [4.78, 5) is 12.0. The van der Waals surface area contributed by atoms with Crippen molar-refractivity contribution in [2.75, 3.05) is 11.0 Å². The molecule has 0 spiro atoms. The second-order valence-electron chi connectivity index (χ2n) is 6.26. The van der Waals surface area contributed by atoms with Crippen molar-refractivity contribution >= 4 is 38.9 Å². The molecule has 1 heterocycles. The number of nitrogens with zero attached hydrogens (tertiary/aromatic N) is 2. The maximum Gasteiger partial charge on any atom is 0.240 e. The largest absolute Gasteiger partial charge is 0.284 e. The summed E-state index contributed by atoms with van der Waals surface area (Å²) in [6.07, 6.45) is 1.51. The van der Waals surface area contributed by atoms with E-state index < -0.39 is 15.8 Å². The molecule has 1 N–H and O–H groups in total. The molecule has 3 rings (SSSR count). The Morgan fingerprint density at radius 1 is 1.26 bits per heavy atom. The van der Waals surface area contributed by atoms with Crippen molar-refractivity contribution in [3.63, 3.8) is 0 Å². The quantitative estimate of drug-likeness (QED) is 0.838. The Morgan fingerprint density at radius 2 is 1.93 bits per heavy atom. The highest BCUT2D eigenvalue weighted by Crippen LogP contribution is 2.34. The van der Waals surface area contributed by atoms with Gasteiger partial charge in [0.05, 0.1) is 23.0 Å². The van der Waals surface area contributed by atoms with Gasteiger partial charge < -0.3 is 0 Å². The molecule has 1 amide bonds. The van der Waals surface area contributed by atoms with Crippen LogP contribution in [-0.2, 0) is 14.8 Å². The van der Waals surface area contributed by atoms with Crippen LogP contribution in [0.15, 0.2) is 47.6 Å². The Balaban J connectivity index is 1.87. The SMILES string of the molecule is CC(=O)N1N=C(c2ccc(NS(C)(=O)=O)cc2)CC1c1ccc(F)c(Cl)c1. The number of halogens is 2. The lowest BCUT2D eigenvalue weighted by molar-refractivity contribution is -0.130. The lowest BCUT2D eigenvalue weighted by Crippen LogP contribution is -2.24. The van der Waals surface area contributed by atoms with Crippen molar-refractivity contribution < 1.29 is 17.6 Å². The molecule has 0 aliphatic carbocycles. The molecule has 1 unspecified atom stereocenters. The molecule has 27 heavy (non-hydrogen) atoms. The first-order valence-corrected chi connectivity index (χ1v) is 10.3. The summed E-state index contributed by atoms with van der Waals surface area (Å²) in [7, 11) is -3.36. The molecular formula is C18H17ClFN3O3S. The van der Waals surface area contributed by atoms with Gasteiger partial charge in [-0.2, -0.15) is 5.10 Å². The molecule has 142 valence electrons. The molecule has 0 bridgehead atoms. The fourth-order valence-electron chi connectivity index (χ4n) is 2.90. The third kappa shape index (κ3) is 4.45. The van der Waals surface area contributed by atoms with Gasteiger partial charge in [-0.1, -0.05) is 29.8 Å². The second kappa shape index (κ2) is 7.28. The van der Waals surface area contributed by atoms with Gasteiger partial charge in [0, 0.05) is 19.0 Å². The maximum atomic E-state index is 13.4. The first-order valence-electron chi connectivity index (χ1n) is 8.04. The van der Waals surface area contributed by atoms with Crippen LogP contribution in [0.2, 0.25) is 5.02 Å². The third-order valence-corrected chi connectivity index (χ3v) is 4.98. The van der Waals surface area contributed by atoms with Gasteiger partial charge in [-0.3, -0.25) is 9.52 Å². The Labute approximate surface area is 161 Å². The van der Waals surface area contributed by atoms with Crippen LogP contribution in [0.5, 0.6) is 0 Å². The molecular weight excluding hydrogens is 393 g/mol. The van der Waals surface area contributed by atoms with Gasteiger partial charge in [0.1, 0.15) is 5.82 Å². The highest BCUT2D eigenvalue weighted by Gasteiger charge is 2.31. The van der Waals surface area contributed by atoms with Gasteiger partial charge in [-0.05, 0) is 35.4 Å². The molecule has 1 atom stereocenters. The Kier molecular flexibility index (Phi) is 5.21. The van der Waals surface area contributed by atoms with Crippen LogP contribution < -0.4 is 4.72 Å². The Morgan fingerprint density at radius 3 is 2.48 bits per heavy atom. The van der Waals surface area contributed by atoms with Crippen LogP contribution in [-0.4, -0.2) is 31.3 Å². The van der Waals surface area contributed by atoms with Crippen molar-refractivity contribution in [2.45, 2.75) is 19.4 Å². The van der Waals surface area contributed by atoms with E-state index in [2.05, 4.69) is 9.82 Å². The van der Waals surface area contributed by atoms with Gasteiger partial charge in [-0.15, -0.1) is 0 Å². The molecule has 6 nitrogen and oxygen atoms in total. The van der Waals surface area contributed by atoms with E-state index in [1.165, 1.54) is 24.1 Å². The van der Waals surface area contributed by atoms with E-state index >= 15 is 0 Å². The molecule has 0 radical (unpaired) electrons. The number of hydrazone groups is 1. The number of amides is 1. The smallest absolute Gasteiger partial charge is 0.240 e. The number of nitrogens with one attached hydrogen (secondary N) is 1. The van der Waals surface area contributed by atoms with Crippen LogP contribution in [0.4, 0.5) is 10.1 Å². The third-order valence-electron chi connectivity index (χ3n) is 4.08. The van der Waals surface area contributed by atoms with E-state index in [1.54, 1.807) is 30.3 Å². The van der Waals surface area contributed by atoms with Crippen molar-refractivity contribution in [2.24, 2.45) is 5.10 Å². The van der Waals surface area contributed by atoms with Crippen LogP contribution >= 0.6 is 11.6 Å². The van der Waals surface area contributed by atoms with Crippen LogP contribution in [0.25, 0.3) is 0 Å². The zero-order chi connectivity index (χ0) is 19.8. The van der Waals surface area contributed by atoms with E-state index in [-0.39, 0.29) is 17.0 Å². The van der Waals surface area contributed by atoms with Crippen LogP contribution in [0.3, 0.4) is 0 Å². The van der Waals surface area contributed by atoms with Gasteiger partial charge in [0.15, 0.2) is 0 Å². The predicted octanol–water partition coefficient (Wildman–Crippen LogP) is 3.55. The van der Waals surface area contributed by atoms with Crippen molar-refractivity contribution in [1.82, 2.24) is 5.01 Å². The lowest BCUT2D eigenvalue weighted by atomic mass is 9.98. The molecule has 0 aromatic heterocycles. The number of carbonyl (C=O) groups is 1. The Hall–Kier alpha value is -2.45. The lowest BCUT2D eigenvalue weighted by Gasteiger charge is -2.20. The number of benzene rings is 2. The van der Waals surface area contributed by atoms with Crippen LogP contribution in [0, 0.1) is 5.82 Å². The van der Waals surface area contributed by atoms with E-state index in [0.29, 0.717) is 23.4 Å². The van der Waals surface area contributed by atoms with E-state index in [1.807, 2.05) is 0 Å². The molecule has 0 saturated heterocycles. The standard InChI is InChI=1S/C18H17ClFN3O3S/c1-11(24)23-18(13-5-8-16(20)15(19)9-13)10-17(21-23)12-3-6-14(7-4-12)22-27(2,25)26/h3-9,18,22H,10H2,1-2H3. The molecule has 0 saturated carbocycles. The van der Waals surface area contributed by atoms with Gasteiger partial charge >= 0.3 is 0 Å². The van der Waals surface area contributed by atoms with E-state index in [4.69, 9.17) is 11.6 Å². The summed E-state index contributed by atoms with van der Waals surface area (Å²) in [5, 5.41) is 5.73. The van der Waals surface area contributed by atoms with Gasteiger partial charge in [0.2, 0.25) is 15.9 Å². The molecule has 2 aromatic rings. The summed E-state index contributed by atoms with van der Waals surface area (Å²) in [6.45, 7) is 1.41. The minimum Gasteiger partial charge on any atom is -0.284 e. The summed E-state index contributed by atoms with van der Waals surface area (Å²) < 4.78 is 38.4. The zero-order valence-corrected chi connectivity index (χ0v) is 16.2. The normalized spacial score (nSPS) is 17.0. The monoisotopic (exact) mass is 409 g/mol. The topological polar surface area (TPSA) is 78.8 Å². The van der Waals surface area contributed by atoms with Gasteiger partial charge in [-0.25, -0.2) is 17.8 Å². The van der Waals surface area contributed by atoms with Gasteiger partial charge in [0.25, 0.3) is 0 Å².